The van der Waals surface area contributed by atoms with Gasteiger partial charge in [0.25, 0.3) is 0 Å². The van der Waals surface area contributed by atoms with Crippen LogP contribution in [0.2, 0.25) is 0 Å². The molecule has 0 aliphatic carbocycles. The van der Waals surface area contributed by atoms with Crippen LogP contribution in [0.5, 0.6) is 0 Å². The summed E-state index contributed by atoms with van der Waals surface area (Å²) in [6.07, 6.45) is 1.01. The van der Waals surface area contributed by atoms with Crippen LogP contribution in [0, 0.1) is 12.8 Å². The Hall–Kier alpha value is -1.09. The van der Waals surface area contributed by atoms with Crippen LogP contribution in [0.15, 0.2) is 22.7 Å². The fourth-order valence-corrected chi connectivity index (χ4v) is 2.64. The smallest absolute Gasteiger partial charge is 0.0766 e. The highest BCUT2D eigenvalue weighted by atomic mass is 79.9. The van der Waals surface area contributed by atoms with Crippen LogP contribution >= 0.6 is 15.9 Å². The molecule has 1 heterocycles. The number of anilines is 1. The van der Waals surface area contributed by atoms with Crippen LogP contribution in [-0.2, 0) is 6.42 Å². The predicted molar refractivity (Wildman–Crippen MR) is 86.9 cm³/mol. The molecule has 1 aromatic heterocycles. The molecule has 0 amide bonds. The molecule has 19 heavy (non-hydrogen) atoms. The quantitative estimate of drug-likeness (QED) is 0.863. The van der Waals surface area contributed by atoms with Gasteiger partial charge in [0, 0.05) is 27.8 Å². The SMILES string of the molecule is CCNc1cc(CC(C)C)nc2c(C)c(Br)ccc12. The third-order valence-corrected chi connectivity index (χ3v) is 4.07. The number of aryl methyl sites for hydroxylation is 1. The molecule has 0 aliphatic rings. The van der Waals surface area contributed by atoms with E-state index in [1.165, 1.54) is 22.3 Å². The maximum atomic E-state index is 4.85. The van der Waals surface area contributed by atoms with Gasteiger partial charge in [-0.1, -0.05) is 29.8 Å². The van der Waals surface area contributed by atoms with Gasteiger partial charge in [-0.25, -0.2) is 0 Å². The molecule has 3 heteroatoms. The molecule has 0 saturated carbocycles. The number of halogens is 1. The van der Waals surface area contributed by atoms with Crippen molar-refractivity contribution in [3.05, 3.63) is 33.9 Å². The van der Waals surface area contributed by atoms with E-state index in [1.807, 2.05) is 0 Å². The van der Waals surface area contributed by atoms with Gasteiger partial charge in [0.2, 0.25) is 0 Å². The van der Waals surface area contributed by atoms with E-state index in [9.17, 15) is 0 Å². The molecule has 1 aromatic carbocycles. The molecule has 0 radical (unpaired) electrons. The van der Waals surface area contributed by atoms with Crippen molar-refractivity contribution in [1.82, 2.24) is 4.98 Å². The highest BCUT2D eigenvalue weighted by Gasteiger charge is 2.10. The fourth-order valence-electron chi connectivity index (χ4n) is 2.32. The van der Waals surface area contributed by atoms with Gasteiger partial charge in [0.05, 0.1) is 5.52 Å². The standard InChI is InChI=1S/C16H21BrN2/c1-5-18-15-9-12(8-10(2)3)19-16-11(4)14(17)7-6-13(15)16/h6-7,9-10H,5,8H2,1-4H3,(H,18,19). The van der Waals surface area contributed by atoms with Crippen molar-refractivity contribution in [2.75, 3.05) is 11.9 Å². The summed E-state index contributed by atoms with van der Waals surface area (Å²) in [6, 6.07) is 6.43. The molecular formula is C16H21BrN2. The van der Waals surface area contributed by atoms with Gasteiger partial charge >= 0.3 is 0 Å². The largest absolute Gasteiger partial charge is 0.385 e. The number of pyridine rings is 1. The first-order valence-electron chi connectivity index (χ1n) is 6.85. The first-order valence-corrected chi connectivity index (χ1v) is 7.64. The van der Waals surface area contributed by atoms with Crippen LogP contribution < -0.4 is 5.32 Å². The summed E-state index contributed by atoms with van der Waals surface area (Å²) in [4.78, 5) is 4.85. The number of hydrogen-bond acceptors (Lipinski definition) is 2. The van der Waals surface area contributed by atoms with Crippen LogP contribution in [-0.4, -0.2) is 11.5 Å². The zero-order valence-electron chi connectivity index (χ0n) is 12.0. The van der Waals surface area contributed by atoms with E-state index in [0.717, 1.165) is 23.0 Å². The van der Waals surface area contributed by atoms with E-state index in [-0.39, 0.29) is 0 Å². The second-order valence-corrected chi connectivity index (χ2v) is 6.21. The van der Waals surface area contributed by atoms with Crippen molar-refractivity contribution in [3.63, 3.8) is 0 Å². The third kappa shape index (κ3) is 3.08. The Morgan fingerprint density at radius 1 is 1.32 bits per heavy atom. The van der Waals surface area contributed by atoms with Crippen LogP contribution in [0.25, 0.3) is 10.9 Å². The van der Waals surface area contributed by atoms with Gasteiger partial charge in [0.15, 0.2) is 0 Å². The molecule has 0 aliphatic heterocycles. The van der Waals surface area contributed by atoms with Gasteiger partial charge < -0.3 is 5.32 Å². The number of aromatic nitrogens is 1. The minimum atomic E-state index is 0.617. The van der Waals surface area contributed by atoms with Crippen molar-refractivity contribution >= 4 is 32.5 Å². The predicted octanol–water partition coefficient (Wildman–Crippen LogP) is 4.94. The lowest BCUT2D eigenvalue weighted by Gasteiger charge is -2.14. The summed E-state index contributed by atoms with van der Waals surface area (Å²) in [5.74, 6) is 0.617. The summed E-state index contributed by atoms with van der Waals surface area (Å²) in [5, 5.41) is 4.66. The monoisotopic (exact) mass is 320 g/mol. The molecule has 2 nitrogen and oxygen atoms in total. The maximum absolute atomic E-state index is 4.85. The Bertz CT molecular complexity index is 591. The van der Waals surface area contributed by atoms with Gasteiger partial charge in [0.1, 0.15) is 0 Å². The van der Waals surface area contributed by atoms with E-state index in [2.05, 4.69) is 67.1 Å². The zero-order valence-corrected chi connectivity index (χ0v) is 13.6. The van der Waals surface area contributed by atoms with Crippen molar-refractivity contribution in [2.24, 2.45) is 5.92 Å². The Morgan fingerprint density at radius 2 is 2.05 bits per heavy atom. The minimum absolute atomic E-state index is 0.617. The molecule has 0 unspecified atom stereocenters. The van der Waals surface area contributed by atoms with E-state index < -0.39 is 0 Å². The van der Waals surface area contributed by atoms with Crippen molar-refractivity contribution in [1.29, 1.82) is 0 Å². The number of nitrogens with one attached hydrogen (secondary N) is 1. The Morgan fingerprint density at radius 3 is 2.68 bits per heavy atom. The summed E-state index contributed by atoms with van der Waals surface area (Å²) < 4.78 is 1.12. The number of nitrogens with zero attached hydrogens (tertiary/aromatic N) is 1. The normalized spacial score (nSPS) is 11.3. The Labute approximate surface area is 123 Å². The summed E-state index contributed by atoms with van der Waals surface area (Å²) in [5.41, 5.74) is 4.67. The highest BCUT2D eigenvalue weighted by Crippen LogP contribution is 2.30. The third-order valence-electron chi connectivity index (χ3n) is 3.21. The van der Waals surface area contributed by atoms with Gasteiger partial charge in [-0.15, -0.1) is 0 Å². The minimum Gasteiger partial charge on any atom is -0.385 e. The van der Waals surface area contributed by atoms with Crippen LogP contribution in [0.1, 0.15) is 32.0 Å². The molecule has 1 N–H and O–H groups in total. The van der Waals surface area contributed by atoms with Gasteiger partial charge in [-0.05, 0) is 49.9 Å². The zero-order chi connectivity index (χ0) is 14.0. The molecule has 0 fully saturated rings. The average molecular weight is 321 g/mol. The van der Waals surface area contributed by atoms with Crippen molar-refractivity contribution in [3.8, 4) is 0 Å². The van der Waals surface area contributed by atoms with Crippen molar-refractivity contribution in [2.45, 2.75) is 34.1 Å². The first kappa shape index (κ1) is 14.3. The van der Waals surface area contributed by atoms with Gasteiger partial charge in [-0.2, -0.15) is 0 Å². The molecular weight excluding hydrogens is 300 g/mol. The molecule has 2 rings (SSSR count). The Kier molecular flexibility index (Phi) is 4.46. The number of benzene rings is 1. The summed E-state index contributed by atoms with van der Waals surface area (Å²) >= 11 is 3.59. The van der Waals surface area contributed by atoms with Crippen LogP contribution in [0.3, 0.4) is 0 Å². The summed E-state index contributed by atoms with van der Waals surface area (Å²) in [7, 11) is 0. The van der Waals surface area contributed by atoms with Crippen molar-refractivity contribution < 1.29 is 0 Å². The fraction of sp³-hybridized carbons (Fsp3) is 0.438. The Balaban J connectivity index is 2.65. The van der Waals surface area contributed by atoms with E-state index in [1.54, 1.807) is 0 Å². The van der Waals surface area contributed by atoms with E-state index in [0.29, 0.717) is 5.92 Å². The lowest BCUT2D eigenvalue weighted by atomic mass is 10.0. The number of fused-ring (bicyclic) bond motifs is 1. The highest BCUT2D eigenvalue weighted by molar-refractivity contribution is 9.10. The molecule has 0 saturated heterocycles. The topological polar surface area (TPSA) is 24.9 Å². The van der Waals surface area contributed by atoms with E-state index >= 15 is 0 Å². The number of rotatable bonds is 4. The first-order chi connectivity index (χ1) is 9.02. The molecule has 0 atom stereocenters. The van der Waals surface area contributed by atoms with E-state index in [4.69, 9.17) is 4.98 Å². The lowest BCUT2D eigenvalue weighted by molar-refractivity contribution is 0.637. The lowest BCUT2D eigenvalue weighted by Crippen LogP contribution is -2.03. The molecule has 0 bridgehead atoms. The van der Waals surface area contributed by atoms with Gasteiger partial charge in [-0.3, -0.25) is 4.98 Å². The molecule has 102 valence electrons. The number of hydrogen-bond donors (Lipinski definition) is 1. The maximum Gasteiger partial charge on any atom is 0.0766 e. The molecule has 2 aromatic rings. The average Bonchev–Trinajstić information content (AvgIpc) is 2.34. The molecule has 0 spiro atoms. The summed E-state index contributed by atoms with van der Waals surface area (Å²) in [6.45, 7) is 9.63. The second-order valence-electron chi connectivity index (χ2n) is 5.36. The second kappa shape index (κ2) is 5.91. The van der Waals surface area contributed by atoms with Crippen LogP contribution in [0.4, 0.5) is 5.69 Å².